The molecule has 0 unspecified atom stereocenters. The third-order valence-electron chi connectivity index (χ3n) is 3.74. The van der Waals surface area contributed by atoms with E-state index in [-0.39, 0.29) is 23.3 Å². The number of unbranched alkanes of at least 4 members (excludes halogenated alkanes) is 1. The lowest BCUT2D eigenvalue weighted by Crippen LogP contribution is -2.38. The second-order valence-corrected chi connectivity index (χ2v) is 7.10. The van der Waals surface area contributed by atoms with Gasteiger partial charge in [-0.05, 0) is 37.5 Å². The summed E-state index contributed by atoms with van der Waals surface area (Å²) in [4.78, 5) is 37.6. The summed E-state index contributed by atoms with van der Waals surface area (Å²) < 4.78 is 4.70. The highest BCUT2D eigenvalue weighted by molar-refractivity contribution is 8.14. The predicted molar refractivity (Wildman–Crippen MR) is 102 cm³/mol. The summed E-state index contributed by atoms with van der Waals surface area (Å²) >= 11 is 7.16. The second-order valence-electron chi connectivity index (χ2n) is 5.66. The van der Waals surface area contributed by atoms with Gasteiger partial charge in [-0.3, -0.25) is 19.3 Å². The Balaban J connectivity index is 3.01. The number of carbonyl (C=O) groups excluding carboxylic acids is 3. The van der Waals surface area contributed by atoms with Crippen molar-refractivity contribution in [1.29, 1.82) is 0 Å². The molecular weight excluding hydrogens is 362 g/mol. The van der Waals surface area contributed by atoms with Crippen molar-refractivity contribution in [3.05, 3.63) is 28.3 Å². The van der Waals surface area contributed by atoms with Crippen molar-refractivity contribution in [2.75, 3.05) is 24.3 Å². The van der Waals surface area contributed by atoms with Crippen molar-refractivity contribution in [3.8, 4) is 0 Å². The molecule has 25 heavy (non-hydrogen) atoms. The molecule has 5 nitrogen and oxygen atoms in total. The Morgan fingerprint density at radius 1 is 1.24 bits per heavy atom. The van der Waals surface area contributed by atoms with Gasteiger partial charge in [-0.2, -0.15) is 0 Å². The number of carbonyl (C=O) groups is 3. The number of hydrogen-bond acceptors (Lipinski definition) is 5. The van der Waals surface area contributed by atoms with Crippen LogP contribution in [0.1, 0.15) is 37.3 Å². The highest BCUT2D eigenvalue weighted by atomic mass is 35.5. The van der Waals surface area contributed by atoms with Gasteiger partial charge in [0.25, 0.3) is 0 Å². The highest BCUT2D eigenvalue weighted by Crippen LogP contribution is 2.31. The summed E-state index contributed by atoms with van der Waals surface area (Å²) in [5.41, 5.74) is 2.12. The minimum absolute atomic E-state index is 0.0206. The fourth-order valence-electron chi connectivity index (χ4n) is 2.33. The third kappa shape index (κ3) is 6.36. The van der Waals surface area contributed by atoms with E-state index in [1.54, 1.807) is 19.1 Å². The summed E-state index contributed by atoms with van der Waals surface area (Å²) in [7, 11) is 1.27. The molecule has 0 aliphatic heterocycles. The predicted octanol–water partition coefficient (Wildman–Crippen LogP) is 3.91. The molecule has 1 rings (SSSR count). The van der Waals surface area contributed by atoms with Crippen molar-refractivity contribution in [2.24, 2.45) is 0 Å². The zero-order chi connectivity index (χ0) is 19.0. The molecule has 0 radical (unpaired) electrons. The molecule has 0 fully saturated rings. The zero-order valence-corrected chi connectivity index (χ0v) is 16.6. The first-order chi connectivity index (χ1) is 11.8. The molecular formula is C18H24ClNO4S. The van der Waals surface area contributed by atoms with E-state index in [1.807, 2.05) is 13.8 Å². The average molecular weight is 386 g/mol. The monoisotopic (exact) mass is 385 g/mol. The van der Waals surface area contributed by atoms with Crippen LogP contribution in [0.5, 0.6) is 0 Å². The second kappa shape index (κ2) is 10.5. The number of aryl methyl sites for hydroxylation is 1. The van der Waals surface area contributed by atoms with E-state index < -0.39 is 5.97 Å². The molecule has 0 spiro atoms. The van der Waals surface area contributed by atoms with E-state index >= 15 is 0 Å². The number of hydrogen-bond donors (Lipinski definition) is 0. The van der Waals surface area contributed by atoms with E-state index in [0.29, 0.717) is 22.7 Å². The van der Waals surface area contributed by atoms with Crippen LogP contribution in [0.15, 0.2) is 12.1 Å². The van der Waals surface area contributed by atoms with Crippen molar-refractivity contribution in [1.82, 2.24) is 0 Å². The van der Waals surface area contributed by atoms with Crippen molar-refractivity contribution < 1.29 is 19.1 Å². The quantitative estimate of drug-likeness (QED) is 0.635. The van der Waals surface area contributed by atoms with Crippen molar-refractivity contribution >= 4 is 46.0 Å². The number of benzene rings is 1. The van der Waals surface area contributed by atoms with Crippen LogP contribution in [0.2, 0.25) is 5.02 Å². The average Bonchev–Trinajstić information content (AvgIpc) is 2.60. The number of methoxy groups -OCH3 is 1. The minimum Gasteiger partial charge on any atom is -0.468 e. The number of esters is 1. The Hall–Kier alpha value is -1.53. The minimum atomic E-state index is -0.533. The lowest BCUT2D eigenvalue weighted by atomic mass is 10.1. The lowest BCUT2D eigenvalue weighted by Gasteiger charge is -2.25. The largest absolute Gasteiger partial charge is 0.468 e. The number of thioether (sulfide) groups is 1. The first kappa shape index (κ1) is 21.5. The van der Waals surface area contributed by atoms with Gasteiger partial charge >= 0.3 is 5.97 Å². The number of ether oxygens (including phenoxy) is 1. The summed E-state index contributed by atoms with van der Waals surface area (Å²) in [5.74, 6) is -0.881. The van der Waals surface area contributed by atoms with Crippen LogP contribution in [0.4, 0.5) is 5.69 Å². The Labute approximate surface area is 158 Å². The molecule has 0 aliphatic carbocycles. The summed E-state index contributed by atoms with van der Waals surface area (Å²) in [6, 6.07) is 3.54. The van der Waals surface area contributed by atoms with Crippen LogP contribution in [0.3, 0.4) is 0 Å². The van der Waals surface area contributed by atoms with Gasteiger partial charge in [-0.25, -0.2) is 0 Å². The van der Waals surface area contributed by atoms with Gasteiger partial charge in [-0.15, -0.1) is 0 Å². The van der Waals surface area contributed by atoms with Gasteiger partial charge in [0.2, 0.25) is 5.91 Å². The van der Waals surface area contributed by atoms with Gasteiger partial charge in [0.15, 0.2) is 5.12 Å². The summed E-state index contributed by atoms with van der Waals surface area (Å²) in [5, 5.41) is 0.489. The Morgan fingerprint density at radius 3 is 2.52 bits per heavy atom. The van der Waals surface area contributed by atoms with Gasteiger partial charge in [0.1, 0.15) is 6.54 Å². The van der Waals surface area contributed by atoms with Crippen molar-refractivity contribution in [2.45, 2.75) is 40.0 Å². The molecule has 0 aromatic heterocycles. The number of amides is 1. The fraction of sp³-hybridized carbons (Fsp3) is 0.500. The first-order valence-corrected chi connectivity index (χ1v) is 9.46. The number of rotatable bonds is 8. The van der Waals surface area contributed by atoms with Crippen LogP contribution in [0, 0.1) is 13.8 Å². The van der Waals surface area contributed by atoms with Gasteiger partial charge in [0, 0.05) is 11.4 Å². The lowest BCUT2D eigenvalue weighted by molar-refractivity contribution is -0.139. The van der Waals surface area contributed by atoms with E-state index in [1.165, 1.54) is 12.0 Å². The smallest absolute Gasteiger partial charge is 0.325 e. The zero-order valence-electron chi connectivity index (χ0n) is 15.1. The maximum Gasteiger partial charge on any atom is 0.325 e. The molecule has 138 valence electrons. The molecule has 0 N–H and O–H groups in total. The van der Waals surface area contributed by atoms with E-state index in [4.69, 9.17) is 16.3 Å². The van der Waals surface area contributed by atoms with Gasteiger partial charge in [-0.1, -0.05) is 42.8 Å². The number of anilines is 1. The van der Waals surface area contributed by atoms with Crippen LogP contribution < -0.4 is 4.90 Å². The summed E-state index contributed by atoms with van der Waals surface area (Å²) in [6.07, 6.45) is 2.18. The van der Waals surface area contributed by atoms with E-state index in [0.717, 1.165) is 30.2 Å². The molecule has 0 heterocycles. The molecule has 0 saturated heterocycles. The fourth-order valence-corrected chi connectivity index (χ4v) is 3.21. The molecule has 0 bridgehead atoms. The molecule has 1 aromatic carbocycles. The van der Waals surface area contributed by atoms with Crippen LogP contribution >= 0.6 is 23.4 Å². The van der Waals surface area contributed by atoms with E-state index in [2.05, 4.69) is 0 Å². The van der Waals surface area contributed by atoms with Crippen LogP contribution in [-0.4, -0.2) is 36.4 Å². The molecule has 1 aromatic rings. The SMILES string of the molecule is CCCCC(=O)SCC(=O)N(CC(=O)OC)c1c(C)ccc(Cl)c1C. The first-order valence-electron chi connectivity index (χ1n) is 8.10. The molecule has 0 saturated carbocycles. The van der Waals surface area contributed by atoms with Crippen molar-refractivity contribution in [3.63, 3.8) is 0 Å². The molecule has 7 heteroatoms. The summed E-state index contributed by atoms with van der Waals surface area (Å²) in [6.45, 7) is 5.42. The number of halogens is 1. The highest BCUT2D eigenvalue weighted by Gasteiger charge is 2.24. The molecule has 0 aliphatic rings. The Kier molecular flexibility index (Phi) is 9.00. The number of nitrogens with zero attached hydrogens (tertiary/aromatic N) is 1. The molecule has 1 amide bonds. The maximum absolute atomic E-state index is 12.7. The molecule has 0 atom stereocenters. The van der Waals surface area contributed by atoms with Crippen LogP contribution in [0.25, 0.3) is 0 Å². The van der Waals surface area contributed by atoms with Gasteiger partial charge in [0.05, 0.1) is 18.6 Å². The topological polar surface area (TPSA) is 63.7 Å². The maximum atomic E-state index is 12.7. The Morgan fingerprint density at radius 2 is 1.92 bits per heavy atom. The standard InChI is InChI=1S/C18H24ClNO4S/c1-5-6-7-17(23)25-11-15(21)20(10-16(22)24-4)18-12(2)8-9-14(19)13(18)3/h8-9H,5-7,10-11H2,1-4H3. The third-order valence-corrected chi connectivity index (χ3v) is 5.07. The van der Waals surface area contributed by atoms with E-state index in [9.17, 15) is 14.4 Å². The normalized spacial score (nSPS) is 10.4. The van der Waals surface area contributed by atoms with Gasteiger partial charge < -0.3 is 4.74 Å². The Bertz CT molecular complexity index is 648. The van der Waals surface area contributed by atoms with Crippen LogP contribution in [-0.2, 0) is 19.1 Å².